The molecule has 1 aliphatic rings. The number of hydrogen-bond acceptors (Lipinski definition) is 4. The van der Waals surface area contributed by atoms with Gasteiger partial charge in [-0.2, -0.15) is 0 Å². The fourth-order valence-corrected chi connectivity index (χ4v) is 3.19. The molecule has 1 heterocycles. The van der Waals surface area contributed by atoms with E-state index >= 15 is 0 Å². The topological polar surface area (TPSA) is 33.7 Å². The second kappa shape index (κ2) is 7.16. The molecule has 1 fully saturated rings. The molecule has 1 atom stereocenters. The zero-order chi connectivity index (χ0) is 14.5. The minimum Gasteiger partial charge on any atom is -0.493 e. The van der Waals surface area contributed by atoms with E-state index in [4.69, 9.17) is 21.1 Å². The summed E-state index contributed by atoms with van der Waals surface area (Å²) in [7, 11) is 3.25. The van der Waals surface area contributed by atoms with Gasteiger partial charge in [0.1, 0.15) is 0 Å². The summed E-state index contributed by atoms with van der Waals surface area (Å²) >= 11 is 6.54. The molecule has 0 unspecified atom stereocenters. The molecule has 0 amide bonds. The van der Waals surface area contributed by atoms with E-state index in [9.17, 15) is 0 Å². The van der Waals surface area contributed by atoms with Crippen LogP contribution >= 0.6 is 11.6 Å². The summed E-state index contributed by atoms with van der Waals surface area (Å²) in [5, 5.41) is 4.05. The van der Waals surface area contributed by atoms with Gasteiger partial charge in [-0.3, -0.25) is 4.90 Å². The molecule has 0 radical (unpaired) electrons. The molecule has 112 valence electrons. The van der Waals surface area contributed by atoms with Crippen molar-refractivity contribution < 1.29 is 9.47 Å². The van der Waals surface area contributed by atoms with Crippen LogP contribution in [0.5, 0.6) is 11.5 Å². The second-order valence-corrected chi connectivity index (χ2v) is 5.29. The first-order valence-electron chi connectivity index (χ1n) is 7.08. The predicted molar refractivity (Wildman–Crippen MR) is 82.0 cm³/mol. The molecule has 5 heteroatoms. The Morgan fingerprint density at radius 1 is 1.25 bits per heavy atom. The van der Waals surface area contributed by atoms with Gasteiger partial charge < -0.3 is 14.8 Å². The molecule has 0 bridgehead atoms. The Morgan fingerprint density at radius 2 is 1.95 bits per heavy atom. The van der Waals surface area contributed by atoms with Crippen molar-refractivity contribution in [1.29, 1.82) is 0 Å². The Labute approximate surface area is 126 Å². The van der Waals surface area contributed by atoms with Crippen LogP contribution < -0.4 is 14.8 Å². The summed E-state index contributed by atoms with van der Waals surface area (Å²) in [6.45, 7) is 6.34. The number of piperazine rings is 1. The van der Waals surface area contributed by atoms with Gasteiger partial charge in [0, 0.05) is 32.2 Å². The molecule has 1 N–H and O–H groups in total. The normalized spacial score (nSPS) is 17.8. The number of hydrogen-bond donors (Lipinski definition) is 1. The van der Waals surface area contributed by atoms with Crippen LogP contribution in [0.25, 0.3) is 0 Å². The molecular formula is C15H23ClN2O2. The lowest BCUT2D eigenvalue weighted by molar-refractivity contribution is 0.169. The summed E-state index contributed by atoms with van der Waals surface area (Å²) in [5.74, 6) is 1.30. The highest BCUT2D eigenvalue weighted by Crippen LogP contribution is 2.41. The van der Waals surface area contributed by atoms with Crippen LogP contribution in [-0.2, 0) is 0 Å². The number of nitrogens with zero attached hydrogens (tertiary/aromatic N) is 1. The lowest BCUT2D eigenvalue weighted by Crippen LogP contribution is -2.45. The highest BCUT2D eigenvalue weighted by Gasteiger charge is 2.25. The highest BCUT2D eigenvalue weighted by molar-refractivity contribution is 6.33. The average molecular weight is 299 g/mol. The Balaban J connectivity index is 2.34. The zero-order valence-corrected chi connectivity index (χ0v) is 13.2. The van der Waals surface area contributed by atoms with Gasteiger partial charge in [-0.1, -0.05) is 24.6 Å². The molecule has 1 saturated heterocycles. The SMILES string of the molecule is CC[C@@H](c1ccc(OC)c(OC)c1Cl)N1CCNCC1. The van der Waals surface area contributed by atoms with Gasteiger partial charge in [0.25, 0.3) is 0 Å². The van der Waals surface area contributed by atoms with Gasteiger partial charge >= 0.3 is 0 Å². The Bertz CT molecular complexity index is 448. The summed E-state index contributed by atoms with van der Waals surface area (Å²) in [6, 6.07) is 4.31. The molecule has 0 spiro atoms. The molecule has 1 aliphatic heterocycles. The van der Waals surface area contributed by atoms with E-state index in [1.807, 2.05) is 6.07 Å². The van der Waals surface area contributed by atoms with Crippen molar-refractivity contribution in [2.24, 2.45) is 0 Å². The molecule has 0 aromatic heterocycles. The molecule has 1 aromatic carbocycles. The highest BCUT2D eigenvalue weighted by atomic mass is 35.5. The van der Waals surface area contributed by atoms with Crippen LogP contribution in [0.4, 0.5) is 0 Å². The number of ether oxygens (including phenoxy) is 2. The van der Waals surface area contributed by atoms with Crippen molar-refractivity contribution in [3.63, 3.8) is 0 Å². The first-order valence-corrected chi connectivity index (χ1v) is 7.45. The van der Waals surface area contributed by atoms with E-state index < -0.39 is 0 Å². The predicted octanol–water partition coefficient (Wildman–Crippen LogP) is 2.71. The van der Waals surface area contributed by atoms with Crippen LogP contribution in [-0.4, -0.2) is 45.3 Å². The van der Waals surface area contributed by atoms with E-state index in [1.165, 1.54) is 0 Å². The molecule has 0 saturated carbocycles. The molecular weight excluding hydrogens is 276 g/mol. The summed E-state index contributed by atoms with van der Waals surface area (Å²) < 4.78 is 10.7. The van der Waals surface area contributed by atoms with E-state index in [1.54, 1.807) is 14.2 Å². The standard InChI is InChI=1S/C15H23ClN2O2/c1-4-12(18-9-7-17-8-10-18)11-5-6-13(19-2)15(20-3)14(11)16/h5-6,12,17H,4,7-10H2,1-3H3/t12-/m0/s1. The van der Waals surface area contributed by atoms with Crippen LogP contribution in [0.2, 0.25) is 5.02 Å². The largest absolute Gasteiger partial charge is 0.493 e. The summed E-state index contributed by atoms with van der Waals surface area (Å²) in [6.07, 6.45) is 1.02. The molecule has 2 rings (SSSR count). The minimum atomic E-state index is 0.324. The van der Waals surface area contributed by atoms with Crippen molar-refractivity contribution in [2.75, 3.05) is 40.4 Å². The molecule has 4 nitrogen and oxygen atoms in total. The van der Waals surface area contributed by atoms with Crippen LogP contribution in [0.3, 0.4) is 0 Å². The van der Waals surface area contributed by atoms with Crippen LogP contribution in [0.15, 0.2) is 12.1 Å². The lowest BCUT2D eigenvalue weighted by atomic mass is 10.0. The van der Waals surface area contributed by atoms with Gasteiger partial charge in [-0.15, -0.1) is 0 Å². The third-order valence-corrected chi connectivity index (χ3v) is 4.24. The van der Waals surface area contributed by atoms with Crippen molar-refractivity contribution in [2.45, 2.75) is 19.4 Å². The third kappa shape index (κ3) is 3.03. The minimum absolute atomic E-state index is 0.324. The number of halogens is 1. The summed E-state index contributed by atoms with van der Waals surface area (Å²) in [4.78, 5) is 2.48. The van der Waals surface area contributed by atoms with E-state index in [-0.39, 0.29) is 0 Å². The molecule has 20 heavy (non-hydrogen) atoms. The van der Waals surface area contributed by atoms with E-state index in [2.05, 4.69) is 23.2 Å². The lowest BCUT2D eigenvalue weighted by Gasteiger charge is -2.35. The Kier molecular flexibility index (Phi) is 5.52. The smallest absolute Gasteiger partial charge is 0.179 e. The first kappa shape index (κ1) is 15.4. The fourth-order valence-electron chi connectivity index (χ4n) is 2.83. The molecule has 0 aliphatic carbocycles. The maximum Gasteiger partial charge on any atom is 0.179 e. The van der Waals surface area contributed by atoms with Crippen molar-refractivity contribution >= 4 is 11.6 Å². The number of benzene rings is 1. The van der Waals surface area contributed by atoms with Gasteiger partial charge in [-0.05, 0) is 18.1 Å². The number of rotatable bonds is 5. The van der Waals surface area contributed by atoms with Crippen molar-refractivity contribution in [1.82, 2.24) is 10.2 Å². The van der Waals surface area contributed by atoms with Gasteiger partial charge in [-0.25, -0.2) is 0 Å². The maximum absolute atomic E-state index is 6.54. The Hall–Kier alpha value is -0.970. The van der Waals surface area contributed by atoms with Gasteiger partial charge in [0.15, 0.2) is 11.5 Å². The Morgan fingerprint density at radius 3 is 2.50 bits per heavy atom. The fraction of sp³-hybridized carbons (Fsp3) is 0.600. The van der Waals surface area contributed by atoms with Crippen LogP contribution in [0, 0.1) is 0 Å². The summed E-state index contributed by atoms with van der Waals surface area (Å²) in [5.41, 5.74) is 1.12. The van der Waals surface area contributed by atoms with E-state index in [0.29, 0.717) is 22.6 Å². The first-order chi connectivity index (χ1) is 9.72. The third-order valence-electron chi connectivity index (χ3n) is 3.85. The monoisotopic (exact) mass is 298 g/mol. The van der Waals surface area contributed by atoms with Gasteiger partial charge in [0.05, 0.1) is 19.2 Å². The van der Waals surface area contributed by atoms with Crippen molar-refractivity contribution in [3.8, 4) is 11.5 Å². The molecule has 1 aromatic rings. The zero-order valence-electron chi connectivity index (χ0n) is 12.4. The van der Waals surface area contributed by atoms with Crippen molar-refractivity contribution in [3.05, 3.63) is 22.7 Å². The average Bonchev–Trinajstić information content (AvgIpc) is 2.50. The van der Waals surface area contributed by atoms with E-state index in [0.717, 1.165) is 38.2 Å². The maximum atomic E-state index is 6.54. The number of nitrogens with one attached hydrogen (secondary N) is 1. The van der Waals surface area contributed by atoms with Gasteiger partial charge in [0.2, 0.25) is 0 Å². The van der Waals surface area contributed by atoms with Crippen LogP contribution in [0.1, 0.15) is 24.9 Å². The quantitative estimate of drug-likeness (QED) is 0.906. The second-order valence-electron chi connectivity index (χ2n) is 4.91. The number of methoxy groups -OCH3 is 2.